The highest BCUT2D eigenvalue weighted by Gasteiger charge is 2.35. The summed E-state index contributed by atoms with van der Waals surface area (Å²) in [5.41, 5.74) is 1.95. The number of carbonyl (C=O) groups excluding carboxylic acids is 1. The largest absolute Gasteiger partial charge is 0.497 e. The maximum atomic E-state index is 13.8. The van der Waals surface area contributed by atoms with Crippen LogP contribution in [0.5, 0.6) is 17.2 Å². The first-order valence-corrected chi connectivity index (χ1v) is 12.4. The molecule has 0 bridgehead atoms. The second kappa shape index (κ2) is 10.8. The first-order chi connectivity index (χ1) is 17.4. The van der Waals surface area contributed by atoms with Crippen molar-refractivity contribution in [3.8, 4) is 17.2 Å². The highest BCUT2D eigenvalue weighted by molar-refractivity contribution is 7.07. The molecule has 1 aliphatic rings. The summed E-state index contributed by atoms with van der Waals surface area (Å²) in [6.45, 7) is 6.18. The Balaban J connectivity index is 1.95. The minimum Gasteiger partial charge on any atom is -0.497 e. The summed E-state index contributed by atoms with van der Waals surface area (Å²) in [6.07, 6.45) is 1.81. The standard InChI is InChI=1S/C27H28N2O6S/c1-6-34-18-10-8-17(9-11-18)14-22-25(30)29-24(20-15-19(32-4)12-13-21(20)33-5)23(26(31)35-7-2)16(3)28-27(29)36-22/h8-15,24H,6-7H2,1-5H3/b22-14+/t24-/m0/s1. The number of thiazole rings is 1. The number of methoxy groups -OCH3 is 2. The molecule has 8 nitrogen and oxygen atoms in total. The third-order valence-electron chi connectivity index (χ3n) is 5.74. The van der Waals surface area contributed by atoms with Crippen LogP contribution >= 0.6 is 11.3 Å². The van der Waals surface area contributed by atoms with Gasteiger partial charge in [-0.1, -0.05) is 23.5 Å². The third-order valence-corrected chi connectivity index (χ3v) is 6.72. The predicted molar refractivity (Wildman–Crippen MR) is 138 cm³/mol. The van der Waals surface area contributed by atoms with E-state index in [1.54, 1.807) is 46.3 Å². The van der Waals surface area contributed by atoms with E-state index >= 15 is 0 Å². The van der Waals surface area contributed by atoms with Crippen LogP contribution in [0.4, 0.5) is 0 Å². The van der Waals surface area contributed by atoms with Crippen molar-refractivity contribution in [2.24, 2.45) is 4.99 Å². The van der Waals surface area contributed by atoms with E-state index in [1.807, 2.05) is 37.3 Å². The number of fused-ring (bicyclic) bond motifs is 1. The minimum absolute atomic E-state index is 0.194. The predicted octanol–water partition coefficient (Wildman–Crippen LogP) is 3.21. The number of carbonyl (C=O) groups is 1. The SMILES string of the molecule is CCOC(=O)C1=C(C)N=c2s/c(=C/c3ccc(OCC)cc3)c(=O)n2[C@H]1c1cc(OC)ccc1OC. The molecule has 0 spiro atoms. The van der Waals surface area contributed by atoms with Gasteiger partial charge in [0.25, 0.3) is 5.56 Å². The molecule has 0 amide bonds. The molecule has 1 aromatic heterocycles. The quantitative estimate of drug-likeness (QED) is 0.434. The number of aromatic nitrogens is 1. The molecule has 1 aliphatic heterocycles. The Kier molecular flexibility index (Phi) is 7.59. The van der Waals surface area contributed by atoms with Crippen LogP contribution in [0.2, 0.25) is 0 Å². The molecule has 0 unspecified atom stereocenters. The van der Waals surface area contributed by atoms with Gasteiger partial charge >= 0.3 is 5.97 Å². The summed E-state index contributed by atoms with van der Waals surface area (Å²) < 4.78 is 23.9. The monoisotopic (exact) mass is 508 g/mol. The number of ether oxygens (including phenoxy) is 4. The minimum atomic E-state index is -0.798. The van der Waals surface area contributed by atoms with E-state index in [1.165, 1.54) is 15.9 Å². The van der Waals surface area contributed by atoms with E-state index < -0.39 is 12.0 Å². The lowest BCUT2D eigenvalue weighted by Gasteiger charge is -2.26. The molecule has 0 N–H and O–H groups in total. The number of nitrogens with zero attached hydrogens (tertiary/aromatic N) is 2. The maximum Gasteiger partial charge on any atom is 0.338 e. The molecule has 0 saturated heterocycles. The fraction of sp³-hybridized carbons (Fsp3) is 0.296. The Hall–Kier alpha value is -3.85. The van der Waals surface area contributed by atoms with E-state index in [9.17, 15) is 9.59 Å². The van der Waals surface area contributed by atoms with Gasteiger partial charge in [0.2, 0.25) is 0 Å². The average Bonchev–Trinajstić information content (AvgIpc) is 3.18. The van der Waals surface area contributed by atoms with E-state index in [0.717, 1.165) is 11.3 Å². The van der Waals surface area contributed by atoms with Gasteiger partial charge in [-0.15, -0.1) is 0 Å². The lowest BCUT2D eigenvalue weighted by atomic mass is 9.94. The molecule has 4 rings (SSSR count). The van der Waals surface area contributed by atoms with Crippen molar-refractivity contribution in [2.75, 3.05) is 27.4 Å². The third kappa shape index (κ3) is 4.79. The zero-order valence-electron chi connectivity index (χ0n) is 20.9. The zero-order chi connectivity index (χ0) is 25.8. The highest BCUT2D eigenvalue weighted by atomic mass is 32.1. The molecule has 3 aromatic rings. The summed E-state index contributed by atoms with van der Waals surface area (Å²) in [6, 6.07) is 12.0. The molecule has 0 aliphatic carbocycles. The molecule has 9 heteroatoms. The summed E-state index contributed by atoms with van der Waals surface area (Å²) >= 11 is 1.26. The Bertz CT molecular complexity index is 1480. The van der Waals surface area contributed by atoms with Gasteiger partial charge in [0.1, 0.15) is 23.3 Å². The molecule has 1 atom stereocenters. The topological polar surface area (TPSA) is 88.4 Å². The van der Waals surface area contributed by atoms with Crippen molar-refractivity contribution < 1.29 is 23.7 Å². The Morgan fingerprint density at radius 3 is 2.42 bits per heavy atom. The van der Waals surface area contributed by atoms with Crippen molar-refractivity contribution in [3.63, 3.8) is 0 Å². The summed E-state index contributed by atoms with van der Waals surface area (Å²) in [4.78, 5) is 32.0. The van der Waals surface area contributed by atoms with Crippen molar-refractivity contribution in [3.05, 3.63) is 84.5 Å². The van der Waals surface area contributed by atoms with Crippen LogP contribution in [0.15, 0.2) is 63.5 Å². The molecular formula is C27H28N2O6S. The molecule has 2 heterocycles. The number of benzene rings is 2. The van der Waals surface area contributed by atoms with E-state index in [0.29, 0.717) is 38.7 Å². The van der Waals surface area contributed by atoms with Gasteiger partial charge in [-0.3, -0.25) is 9.36 Å². The average molecular weight is 509 g/mol. The number of rotatable bonds is 8. The van der Waals surface area contributed by atoms with E-state index in [2.05, 4.69) is 4.99 Å². The van der Waals surface area contributed by atoms with Crippen LogP contribution in [0.25, 0.3) is 6.08 Å². The Morgan fingerprint density at radius 2 is 1.78 bits per heavy atom. The molecule has 0 radical (unpaired) electrons. The molecule has 188 valence electrons. The zero-order valence-corrected chi connectivity index (χ0v) is 21.7. The van der Waals surface area contributed by atoms with Crippen LogP contribution in [0.3, 0.4) is 0 Å². The maximum absolute atomic E-state index is 13.8. The lowest BCUT2D eigenvalue weighted by molar-refractivity contribution is -0.139. The molecule has 0 fully saturated rings. The van der Waals surface area contributed by atoms with Gasteiger partial charge in [0.05, 0.1) is 43.2 Å². The van der Waals surface area contributed by atoms with Crippen molar-refractivity contribution in [1.82, 2.24) is 4.57 Å². The summed E-state index contributed by atoms with van der Waals surface area (Å²) in [5, 5.41) is 0. The fourth-order valence-corrected chi connectivity index (χ4v) is 5.16. The van der Waals surface area contributed by atoms with Gasteiger partial charge in [0, 0.05) is 5.56 Å². The van der Waals surface area contributed by atoms with Crippen LogP contribution < -0.4 is 29.1 Å². The fourth-order valence-electron chi connectivity index (χ4n) is 4.12. The molecule has 0 saturated carbocycles. The summed E-state index contributed by atoms with van der Waals surface area (Å²) in [7, 11) is 3.10. The van der Waals surface area contributed by atoms with Crippen molar-refractivity contribution in [2.45, 2.75) is 26.8 Å². The molecule has 36 heavy (non-hydrogen) atoms. The normalized spacial score (nSPS) is 15.2. The number of esters is 1. The van der Waals surface area contributed by atoms with Crippen LogP contribution in [0, 0.1) is 0 Å². The smallest absolute Gasteiger partial charge is 0.338 e. The molecular weight excluding hydrogens is 480 g/mol. The number of allylic oxidation sites excluding steroid dienone is 1. The summed E-state index contributed by atoms with van der Waals surface area (Å²) in [5.74, 6) is 1.31. The van der Waals surface area contributed by atoms with Crippen molar-refractivity contribution in [1.29, 1.82) is 0 Å². The van der Waals surface area contributed by atoms with Crippen LogP contribution in [-0.4, -0.2) is 38.0 Å². The second-order valence-electron chi connectivity index (χ2n) is 7.91. The lowest BCUT2D eigenvalue weighted by Crippen LogP contribution is -2.40. The highest BCUT2D eigenvalue weighted by Crippen LogP contribution is 2.37. The van der Waals surface area contributed by atoms with E-state index in [4.69, 9.17) is 18.9 Å². The Morgan fingerprint density at radius 1 is 1.06 bits per heavy atom. The first-order valence-electron chi connectivity index (χ1n) is 11.6. The van der Waals surface area contributed by atoms with Crippen LogP contribution in [-0.2, 0) is 9.53 Å². The van der Waals surface area contributed by atoms with Gasteiger partial charge in [-0.05, 0) is 62.7 Å². The second-order valence-corrected chi connectivity index (χ2v) is 8.92. The van der Waals surface area contributed by atoms with E-state index in [-0.39, 0.29) is 17.7 Å². The van der Waals surface area contributed by atoms with Crippen LogP contribution in [0.1, 0.15) is 37.9 Å². The van der Waals surface area contributed by atoms with Gasteiger partial charge in [0.15, 0.2) is 4.80 Å². The van der Waals surface area contributed by atoms with Gasteiger partial charge < -0.3 is 18.9 Å². The Labute approximate surface area is 212 Å². The van der Waals surface area contributed by atoms with Crippen molar-refractivity contribution >= 4 is 23.4 Å². The number of hydrogen-bond acceptors (Lipinski definition) is 8. The molecule has 2 aromatic carbocycles. The van der Waals surface area contributed by atoms with Gasteiger partial charge in [-0.25, -0.2) is 9.79 Å². The first kappa shape index (κ1) is 25.2. The number of hydrogen-bond donors (Lipinski definition) is 0. The van der Waals surface area contributed by atoms with Gasteiger partial charge in [-0.2, -0.15) is 0 Å².